The molecule has 0 bridgehead atoms. The minimum absolute atomic E-state index is 0.109. The number of nitrogens with zero attached hydrogens (tertiary/aromatic N) is 4. The van der Waals surface area contributed by atoms with Gasteiger partial charge in [-0.05, 0) is 38.1 Å². The number of hydrogen-bond acceptors (Lipinski definition) is 7. The number of likely N-dealkylation sites (tertiary alicyclic amines) is 1. The molecule has 0 radical (unpaired) electrons. The molecule has 1 saturated carbocycles. The maximum atomic E-state index is 13.1. The molecule has 1 aliphatic heterocycles. The first-order valence-corrected chi connectivity index (χ1v) is 13.2. The first kappa shape index (κ1) is 27.9. The van der Waals surface area contributed by atoms with E-state index in [1.807, 2.05) is 0 Å². The molecular weight excluding hydrogens is 502 g/mol. The maximum Gasteiger partial charge on any atom is 0.254 e. The topological polar surface area (TPSA) is 111 Å². The van der Waals surface area contributed by atoms with Crippen LogP contribution in [0.15, 0.2) is 30.6 Å². The Hall–Kier alpha value is -3.17. The minimum Gasteiger partial charge on any atom is -0.489 e. The third-order valence-corrected chi connectivity index (χ3v) is 8.14. The van der Waals surface area contributed by atoms with Crippen LogP contribution in [0.3, 0.4) is 0 Å². The van der Waals surface area contributed by atoms with Crippen LogP contribution >= 0.6 is 11.6 Å². The zero-order chi connectivity index (χ0) is 27.5. The van der Waals surface area contributed by atoms with Crippen LogP contribution in [0.4, 0.5) is 0 Å². The molecule has 1 aliphatic carbocycles. The Morgan fingerprint density at radius 1 is 1.18 bits per heavy atom. The average Bonchev–Trinajstić information content (AvgIpc) is 2.90. The fourth-order valence-corrected chi connectivity index (χ4v) is 6.26. The molecule has 0 atom stereocenters. The van der Waals surface area contributed by atoms with E-state index in [-0.39, 0.29) is 41.4 Å². The summed E-state index contributed by atoms with van der Waals surface area (Å²) in [5.74, 6) is 7.06. The van der Waals surface area contributed by atoms with Gasteiger partial charge in [0, 0.05) is 41.2 Å². The second-order valence-corrected chi connectivity index (χ2v) is 11.6. The van der Waals surface area contributed by atoms with E-state index in [1.165, 1.54) is 0 Å². The number of carbonyl (C=O) groups is 1. The molecule has 2 heterocycles. The van der Waals surface area contributed by atoms with E-state index in [4.69, 9.17) is 26.7 Å². The third kappa shape index (κ3) is 5.63. The largest absolute Gasteiger partial charge is 0.489 e. The summed E-state index contributed by atoms with van der Waals surface area (Å²) in [5.41, 5.74) is 0.130. The first-order valence-electron chi connectivity index (χ1n) is 12.9. The number of piperidine rings is 1. The summed E-state index contributed by atoms with van der Waals surface area (Å²) in [5, 5.41) is 21.4. The van der Waals surface area contributed by atoms with Crippen LogP contribution < -0.4 is 10.1 Å². The summed E-state index contributed by atoms with van der Waals surface area (Å²) >= 11 is 6.19. The molecule has 200 valence electrons. The van der Waals surface area contributed by atoms with Gasteiger partial charge in [-0.2, -0.15) is 5.26 Å². The molecule has 2 N–H and O–H groups in total. The number of aliphatic hydroxyl groups excluding tert-OH is 1. The van der Waals surface area contributed by atoms with Crippen molar-refractivity contribution in [3.05, 3.63) is 52.6 Å². The number of aliphatic hydroxyl groups is 1. The summed E-state index contributed by atoms with van der Waals surface area (Å²) in [4.78, 5) is 24.5. The van der Waals surface area contributed by atoms with Crippen LogP contribution in [-0.2, 0) is 0 Å². The highest BCUT2D eigenvalue weighted by molar-refractivity contribution is 6.31. The van der Waals surface area contributed by atoms with Crippen molar-refractivity contribution in [2.45, 2.75) is 58.6 Å². The molecule has 9 heteroatoms. The van der Waals surface area contributed by atoms with Crippen molar-refractivity contribution in [1.29, 1.82) is 5.26 Å². The van der Waals surface area contributed by atoms with Crippen molar-refractivity contribution in [3.8, 4) is 23.7 Å². The van der Waals surface area contributed by atoms with Gasteiger partial charge in [-0.25, -0.2) is 9.97 Å². The maximum absolute atomic E-state index is 13.1. The lowest BCUT2D eigenvalue weighted by Crippen LogP contribution is -2.74. The van der Waals surface area contributed by atoms with E-state index in [0.29, 0.717) is 28.4 Å². The van der Waals surface area contributed by atoms with Crippen LogP contribution in [0.2, 0.25) is 5.02 Å². The monoisotopic (exact) mass is 535 g/mol. The predicted octanol–water partition coefficient (Wildman–Crippen LogP) is 3.79. The van der Waals surface area contributed by atoms with E-state index >= 15 is 0 Å². The number of nitriles is 1. The third-order valence-electron chi connectivity index (χ3n) is 7.82. The molecule has 38 heavy (non-hydrogen) atoms. The number of nitrogens with one attached hydrogen (secondary N) is 1. The van der Waals surface area contributed by atoms with Gasteiger partial charge >= 0.3 is 0 Å². The molecule has 8 nitrogen and oxygen atoms in total. The van der Waals surface area contributed by atoms with Gasteiger partial charge in [-0.15, -0.1) is 0 Å². The van der Waals surface area contributed by atoms with Gasteiger partial charge in [-0.3, -0.25) is 9.69 Å². The van der Waals surface area contributed by atoms with Crippen LogP contribution in [0.5, 0.6) is 5.75 Å². The average molecular weight is 536 g/mol. The first-order chi connectivity index (χ1) is 18.1. The van der Waals surface area contributed by atoms with E-state index in [9.17, 15) is 4.79 Å². The molecular formula is C29H34ClN5O3. The Labute approximate surface area is 229 Å². The molecule has 2 aliphatic rings. The summed E-state index contributed by atoms with van der Waals surface area (Å²) in [6.45, 7) is 10.6. The Morgan fingerprint density at radius 3 is 2.42 bits per heavy atom. The van der Waals surface area contributed by atoms with E-state index in [0.717, 1.165) is 31.8 Å². The number of benzene rings is 1. The summed E-state index contributed by atoms with van der Waals surface area (Å²) in [7, 11) is 0. The number of ether oxygens (including phenoxy) is 1. The van der Waals surface area contributed by atoms with Crippen LogP contribution in [-0.4, -0.2) is 64.3 Å². The van der Waals surface area contributed by atoms with Gasteiger partial charge in [0.1, 0.15) is 30.4 Å². The Kier molecular flexibility index (Phi) is 8.28. The Morgan fingerprint density at radius 2 is 1.84 bits per heavy atom. The van der Waals surface area contributed by atoms with E-state index in [2.05, 4.69) is 65.8 Å². The van der Waals surface area contributed by atoms with Crippen LogP contribution in [0.1, 0.15) is 68.2 Å². The number of amides is 1. The molecule has 1 aromatic carbocycles. The summed E-state index contributed by atoms with van der Waals surface area (Å²) in [6, 6.07) is 6.97. The minimum atomic E-state index is -0.351. The second-order valence-electron chi connectivity index (χ2n) is 11.2. The Bertz CT molecular complexity index is 1250. The van der Waals surface area contributed by atoms with Gasteiger partial charge in [0.25, 0.3) is 5.91 Å². The van der Waals surface area contributed by atoms with Gasteiger partial charge < -0.3 is 15.2 Å². The molecule has 0 spiro atoms. The van der Waals surface area contributed by atoms with Gasteiger partial charge in [0.2, 0.25) is 0 Å². The summed E-state index contributed by atoms with van der Waals surface area (Å²) in [6.07, 6.45) is 4.92. The van der Waals surface area contributed by atoms with Crippen molar-refractivity contribution in [2.75, 3.05) is 26.2 Å². The number of carbonyl (C=O) groups excluding carboxylic acids is 1. The molecule has 1 saturated heterocycles. The standard InChI is InChI=1S/C29H34ClN5O3/c1-28(2)26(29(3,4)27(28)38-22-8-7-20(16-31)23(30)15-22)34-25(37)21-17-32-24(33-18-21)19-9-12-35(13-10-19)11-5-6-14-36/h7-8,15,17-19,26-27,36H,9-14H2,1-4H3,(H,34,37). The molecule has 1 amide bonds. The molecule has 2 aromatic rings. The van der Waals surface area contributed by atoms with E-state index in [1.54, 1.807) is 30.6 Å². The normalized spacial score (nSPS) is 22.3. The lowest BCUT2D eigenvalue weighted by Gasteiger charge is -2.63. The number of hydrogen-bond donors (Lipinski definition) is 2. The fraction of sp³-hybridized carbons (Fsp3) is 0.517. The van der Waals surface area contributed by atoms with Crippen molar-refractivity contribution >= 4 is 17.5 Å². The van der Waals surface area contributed by atoms with Gasteiger partial charge in [0.15, 0.2) is 0 Å². The van der Waals surface area contributed by atoms with Crippen LogP contribution in [0.25, 0.3) is 0 Å². The lowest BCUT2D eigenvalue weighted by molar-refractivity contribution is -0.164. The second kappa shape index (κ2) is 11.3. The zero-order valence-electron chi connectivity index (χ0n) is 22.3. The number of aromatic nitrogens is 2. The van der Waals surface area contributed by atoms with Crippen molar-refractivity contribution < 1.29 is 14.6 Å². The fourth-order valence-electron chi connectivity index (χ4n) is 6.05. The Balaban J connectivity index is 1.35. The van der Waals surface area contributed by atoms with Crippen molar-refractivity contribution in [1.82, 2.24) is 20.2 Å². The van der Waals surface area contributed by atoms with Crippen LogP contribution in [0, 0.1) is 34.0 Å². The molecule has 2 fully saturated rings. The summed E-state index contributed by atoms with van der Waals surface area (Å²) < 4.78 is 6.30. The highest BCUT2D eigenvalue weighted by Gasteiger charge is 2.64. The zero-order valence-corrected chi connectivity index (χ0v) is 23.0. The highest BCUT2D eigenvalue weighted by Crippen LogP contribution is 2.55. The molecule has 1 aromatic heterocycles. The van der Waals surface area contributed by atoms with Gasteiger partial charge in [-0.1, -0.05) is 51.1 Å². The quantitative estimate of drug-likeness (QED) is 0.541. The number of rotatable bonds is 6. The molecule has 0 unspecified atom stereocenters. The SMILES string of the molecule is CC1(C)C(NC(=O)c2cnc(C3CCN(CC#CCO)CC3)nc2)C(C)(C)C1Oc1ccc(C#N)c(Cl)c1. The lowest BCUT2D eigenvalue weighted by atomic mass is 9.49. The van der Waals surface area contributed by atoms with Gasteiger partial charge in [0.05, 0.1) is 22.7 Å². The number of halogens is 1. The highest BCUT2D eigenvalue weighted by atomic mass is 35.5. The smallest absolute Gasteiger partial charge is 0.254 e. The molecule has 4 rings (SSSR count). The van der Waals surface area contributed by atoms with E-state index < -0.39 is 0 Å². The van der Waals surface area contributed by atoms with Crippen molar-refractivity contribution in [3.63, 3.8) is 0 Å². The van der Waals surface area contributed by atoms with Crippen molar-refractivity contribution in [2.24, 2.45) is 10.8 Å². The predicted molar refractivity (Wildman–Crippen MR) is 145 cm³/mol.